The van der Waals surface area contributed by atoms with Crippen molar-refractivity contribution in [2.75, 3.05) is 6.61 Å². The number of hydrogen-bond acceptors (Lipinski definition) is 4. The molecular formula is C13H16N2O3. The van der Waals surface area contributed by atoms with Crippen LogP contribution in [-0.2, 0) is 12.8 Å². The number of nitrogens with zero attached hydrogens (tertiary/aromatic N) is 2. The highest BCUT2D eigenvalue weighted by Crippen LogP contribution is 2.14. The maximum atomic E-state index is 11.4. The van der Waals surface area contributed by atoms with Gasteiger partial charge < -0.3 is 9.94 Å². The van der Waals surface area contributed by atoms with E-state index in [9.17, 15) is 5.21 Å². The van der Waals surface area contributed by atoms with E-state index >= 15 is 0 Å². The SMILES string of the molecule is CCOc1no[n+]([O-])c1CCCc1ccccc1. The van der Waals surface area contributed by atoms with Crippen LogP contribution >= 0.6 is 0 Å². The Morgan fingerprint density at radius 2 is 2.06 bits per heavy atom. The molecule has 0 saturated carbocycles. The summed E-state index contributed by atoms with van der Waals surface area (Å²) >= 11 is 0. The first-order chi connectivity index (χ1) is 8.81. The zero-order valence-corrected chi connectivity index (χ0v) is 10.3. The zero-order valence-electron chi connectivity index (χ0n) is 10.3. The maximum Gasteiger partial charge on any atom is 0.397 e. The summed E-state index contributed by atoms with van der Waals surface area (Å²) in [6, 6.07) is 10.1. The van der Waals surface area contributed by atoms with Crippen molar-refractivity contribution in [3.05, 3.63) is 46.8 Å². The molecule has 1 aromatic heterocycles. The standard InChI is InChI=1S/C13H16N2O3/c1-2-17-13-12(15(16)18-14-13)10-6-9-11-7-4-3-5-8-11/h3-5,7-8H,2,6,9-10H2,1H3. The van der Waals surface area contributed by atoms with E-state index in [-0.39, 0.29) is 0 Å². The third-order valence-corrected chi connectivity index (χ3v) is 2.67. The van der Waals surface area contributed by atoms with Crippen molar-refractivity contribution in [1.82, 2.24) is 5.16 Å². The Hall–Kier alpha value is -2.04. The van der Waals surface area contributed by atoms with Gasteiger partial charge in [-0.05, 0) is 30.2 Å². The topological polar surface area (TPSA) is 62.2 Å². The Morgan fingerprint density at radius 1 is 1.28 bits per heavy atom. The molecule has 5 nitrogen and oxygen atoms in total. The van der Waals surface area contributed by atoms with E-state index in [4.69, 9.17) is 4.74 Å². The van der Waals surface area contributed by atoms with Gasteiger partial charge in [0.1, 0.15) is 0 Å². The summed E-state index contributed by atoms with van der Waals surface area (Å²) in [6.45, 7) is 2.32. The molecule has 1 aromatic carbocycles. The molecule has 0 fully saturated rings. The molecule has 0 bridgehead atoms. The Bertz CT molecular complexity index is 482. The number of aryl methyl sites for hydroxylation is 1. The summed E-state index contributed by atoms with van der Waals surface area (Å²) in [5.74, 6) is 0.306. The maximum absolute atomic E-state index is 11.4. The van der Waals surface area contributed by atoms with E-state index in [0.29, 0.717) is 29.5 Å². The van der Waals surface area contributed by atoms with Gasteiger partial charge in [0, 0.05) is 6.42 Å². The lowest BCUT2D eigenvalue weighted by Gasteiger charge is -2.00. The van der Waals surface area contributed by atoms with Gasteiger partial charge >= 0.3 is 5.88 Å². The van der Waals surface area contributed by atoms with Gasteiger partial charge in [-0.15, -0.1) is 0 Å². The van der Waals surface area contributed by atoms with Gasteiger partial charge in [-0.1, -0.05) is 30.3 Å². The van der Waals surface area contributed by atoms with Crippen LogP contribution in [-0.4, -0.2) is 11.8 Å². The molecule has 2 rings (SSSR count). The number of ether oxygens (including phenoxy) is 1. The lowest BCUT2D eigenvalue weighted by molar-refractivity contribution is -0.807. The fourth-order valence-corrected chi connectivity index (χ4v) is 1.80. The fraction of sp³-hybridized carbons (Fsp3) is 0.385. The fourth-order valence-electron chi connectivity index (χ4n) is 1.80. The van der Waals surface area contributed by atoms with E-state index < -0.39 is 0 Å². The van der Waals surface area contributed by atoms with Crippen LogP contribution in [0.3, 0.4) is 0 Å². The molecule has 0 saturated heterocycles. The average molecular weight is 248 g/mol. The van der Waals surface area contributed by atoms with Crippen LogP contribution in [0, 0.1) is 5.21 Å². The van der Waals surface area contributed by atoms with Crippen molar-refractivity contribution < 1.29 is 14.3 Å². The second-order valence-corrected chi connectivity index (χ2v) is 3.95. The minimum Gasteiger partial charge on any atom is -0.456 e. The predicted octanol–water partition coefficient (Wildman–Crippen LogP) is 1.88. The minimum absolute atomic E-state index is 0.306. The number of hydrogen-bond donors (Lipinski definition) is 0. The predicted molar refractivity (Wildman–Crippen MR) is 65.1 cm³/mol. The van der Waals surface area contributed by atoms with Crippen LogP contribution in [0.5, 0.6) is 5.88 Å². The van der Waals surface area contributed by atoms with E-state index in [1.807, 2.05) is 25.1 Å². The third kappa shape index (κ3) is 3.00. The highest BCUT2D eigenvalue weighted by atomic mass is 16.8. The second kappa shape index (κ2) is 6.05. The Morgan fingerprint density at radius 3 is 2.78 bits per heavy atom. The summed E-state index contributed by atoms with van der Waals surface area (Å²) in [5.41, 5.74) is 1.72. The average Bonchev–Trinajstić information content (AvgIpc) is 2.73. The van der Waals surface area contributed by atoms with Crippen LogP contribution in [0.1, 0.15) is 24.6 Å². The molecule has 0 aliphatic heterocycles. The normalized spacial score (nSPS) is 10.5. The number of aromatic nitrogens is 2. The molecule has 0 unspecified atom stereocenters. The number of rotatable bonds is 6. The molecule has 0 radical (unpaired) electrons. The summed E-state index contributed by atoms with van der Waals surface area (Å²) < 4.78 is 9.77. The first-order valence-corrected chi connectivity index (χ1v) is 6.06. The van der Waals surface area contributed by atoms with Gasteiger partial charge in [-0.25, -0.2) is 0 Å². The highest BCUT2D eigenvalue weighted by Gasteiger charge is 2.19. The molecule has 96 valence electrons. The Kier molecular flexibility index (Phi) is 4.17. The Balaban J connectivity index is 1.92. The first kappa shape index (κ1) is 12.4. The van der Waals surface area contributed by atoms with Crippen molar-refractivity contribution in [1.29, 1.82) is 0 Å². The van der Waals surface area contributed by atoms with E-state index in [2.05, 4.69) is 21.9 Å². The highest BCUT2D eigenvalue weighted by molar-refractivity contribution is 5.15. The molecule has 0 aliphatic rings. The summed E-state index contributed by atoms with van der Waals surface area (Å²) in [4.78, 5) is 0.427. The Labute approximate surface area is 106 Å². The summed E-state index contributed by atoms with van der Waals surface area (Å²) in [5, 5.41) is 14.9. The first-order valence-electron chi connectivity index (χ1n) is 6.06. The molecule has 5 heteroatoms. The second-order valence-electron chi connectivity index (χ2n) is 3.95. The van der Waals surface area contributed by atoms with Gasteiger partial charge in [0.2, 0.25) is 5.69 Å². The van der Waals surface area contributed by atoms with E-state index in [1.54, 1.807) is 0 Å². The smallest absolute Gasteiger partial charge is 0.397 e. The summed E-state index contributed by atoms with van der Waals surface area (Å²) in [6.07, 6.45) is 2.36. The van der Waals surface area contributed by atoms with Crippen LogP contribution in [0.25, 0.3) is 0 Å². The van der Waals surface area contributed by atoms with Crippen molar-refractivity contribution in [3.63, 3.8) is 0 Å². The van der Waals surface area contributed by atoms with Crippen LogP contribution in [0.4, 0.5) is 0 Å². The molecule has 0 amide bonds. The molecule has 0 N–H and O–H groups in total. The third-order valence-electron chi connectivity index (χ3n) is 2.67. The van der Waals surface area contributed by atoms with Gasteiger partial charge in [-0.3, -0.25) is 4.63 Å². The minimum atomic E-state index is 0.306. The lowest BCUT2D eigenvalue weighted by atomic mass is 10.1. The van der Waals surface area contributed by atoms with E-state index in [1.165, 1.54) is 5.56 Å². The van der Waals surface area contributed by atoms with Gasteiger partial charge in [0.15, 0.2) is 0 Å². The molecule has 2 aromatic rings. The molecule has 0 aliphatic carbocycles. The largest absolute Gasteiger partial charge is 0.456 e. The van der Waals surface area contributed by atoms with Crippen molar-refractivity contribution >= 4 is 0 Å². The van der Waals surface area contributed by atoms with Crippen molar-refractivity contribution in [2.24, 2.45) is 0 Å². The molecule has 0 atom stereocenters. The summed E-state index contributed by atoms with van der Waals surface area (Å²) in [7, 11) is 0. The lowest BCUT2D eigenvalue weighted by Crippen LogP contribution is -2.28. The van der Waals surface area contributed by atoms with Gasteiger partial charge in [-0.2, -0.15) is 0 Å². The molecule has 0 spiro atoms. The molecule has 18 heavy (non-hydrogen) atoms. The van der Waals surface area contributed by atoms with Crippen LogP contribution in [0.15, 0.2) is 35.0 Å². The van der Waals surface area contributed by atoms with Crippen LogP contribution < -0.4 is 9.64 Å². The monoisotopic (exact) mass is 248 g/mol. The number of benzene rings is 1. The van der Waals surface area contributed by atoms with Crippen molar-refractivity contribution in [2.45, 2.75) is 26.2 Å². The van der Waals surface area contributed by atoms with Gasteiger partial charge in [0.05, 0.1) is 11.8 Å². The van der Waals surface area contributed by atoms with E-state index in [0.717, 1.165) is 12.8 Å². The van der Waals surface area contributed by atoms with Crippen molar-refractivity contribution in [3.8, 4) is 5.88 Å². The quantitative estimate of drug-likeness (QED) is 0.732. The zero-order chi connectivity index (χ0) is 12.8. The molecule has 1 heterocycles. The van der Waals surface area contributed by atoms with Gasteiger partial charge in [0.25, 0.3) is 0 Å². The van der Waals surface area contributed by atoms with Crippen LogP contribution in [0.2, 0.25) is 0 Å². The molecular weight excluding hydrogens is 232 g/mol.